The summed E-state index contributed by atoms with van der Waals surface area (Å²) in [6.45, 7) is 2.00. The molecular weight excluding hydrogens is 224 g/mol. The molecule has 84 valence electrons. The van der Waals surface area contributed by atoms with Crippen molar-refractivity contribution in [1.82, 2.24) is 19.7 Å². The smallest absolute Gasteiger partial charge is 0.261 e. The van der Waals surface area contributed by atoms with E-state index in [1.54, 1.807) is 0 Å². The minimum atomic E-state index is -0.0627. The first kappa shape index (κ1) is 9.92. The molecule has 1 saturated heterocycles. The van der Waals surface area contributed by atoms with Gasteiger partial charge >= 0.3 is 0 Å². The molecule has 1 aliphatic heterocycles. The Balaban J connectivity index is 2.12. The summed E-state index contributed by atoms with van der Waals surface area (Å²) in [4.78, 5) is 19.3. The number of rotatable bonds is 1. The van der Waals surface area contributed by atoms with Crippen LogP contribution >= 0.6 is 11.5 Å². The number of H-pyrrole nitrogens is 1. The van der Waals surface area contributed by atoms with Crippen molar-refractivity contribution >= 4 is 21.7 Å². The van der Waals surface area contributed by atoms with E-state index in [2.05, 4.69) is 19.7 Å². The summed E-state index contributed by atoms with van der Waals surface area (Å²) in [5.74, 6) is 0.403. The van der Waals surface area contributed by atoms with Crippen molar-refractivity contribution in [1.29, 1.82) is 0 Å². The molecule has 3 heterocycles. The highest BCUT2D eigenvalue weighted by atomic mass is 32.1. The van der Waals surface area contributed by atoms with Crippen molar-refractivity contribution in [3.8, 4) is 0 Å². The Morgan fingerprint density at radius 1 is 1.38 bits per heavy atom. The van der Waals surface area contributed by atoms with Crippen LogP contribution in [0.4, 0.5) is 0 Å². The Labute approximate surface area is 96.1 Å². The van der Waals surface area contributed by atoms with E-state index in [-0.39, 0.29) is 5.56 Å². The maximum Gasteiger partial charge on any atom is 0.261 e. The summed E-state index contributed by atoms with van der Waals surface area (Å²) in [5, 5.41) is 4.01. The highest BCUT2D eigenvalue weighted by molar-refractivity contribution is 7.12. The van der Waals surface area contributed by atoms with Crippen LogP contribution in [0.15, 0.2) is 11.1 Å². The first-order chi connectivity index (χ1) is 7.86. The summed E-state index contributed by atoms with van der Waals surface area (Å²) >= 11 is 1.32. The monoisotopic (exact) mass is 236 g/mol. The lowest BCUT2D eigenvalue weighted by Gasteiger charge is -2.20. The zero-order valence-corrected chi connectivity index (χ0v) is 9.51. The van der Waals surface area contributed by atoms with Gasteiger partial charge in [-0.15, -0.1) is 0 Å². The minimum absolute atomic E-state index is 0.0627. The van der Waals surface area contributed by atoms with Gasteiger partial charge in [0.15, 0.2) is 4.83 Å². The van der Waals surface area contributed by atoms with E-state index in [4.69, 9.17) is 0 Å². The molecule has 2 aromatic rings. The van der Waals surface area contributed by atoms with Gasteiger partial charge in [0, 0.05) is 5.92 Å². The highest BCUT2D eigenvalue weighted by Crippen LogP contribution is 2.29. The normalized spacial score (nSPS) is 18.0. The number of nitrogens with one attached hydrogen (secondary N) is 2. The average Bonchev–Trinajstić information content (AvgIpc) is 2.75. The van der Waals surface area contributed by atoms with Crippen LogP contribution in [0.3, 0.4) is 0 Å². The Morgan fingerprint density at radius 2 is 2.19 bits per heavy atom. The van der Waals surface area contributed by atoms with Crippen molar-refractivity contribution in [3.63, 3.8) is 0 Å². The van der Waals surface area contributed by atoms with Gasteiger partial charge in [-0.3, -0.25) is 4.79 Å². The van der Waals surface area contributed by atoms with Crippen LogP contribution in [-0.2, 0) is 0 Å². The predicted octanol–water partition coefficient (Wildman–Crippen LogP) is 0.847. The Hall–Kier alpha value is -1.27. The number of aromatic nitrogens is 3. The van der Waals surface area contributed by atoms with E-state index in [0.29, 0.717) is 11.3 Å². The number of hydrogen-bond donors (Lipinski definition) is 2. The molecular formula is C10H12N4OS. The number of aromatic amines is 1. The molecule has 3 rings (SSSR count). The third-order valence-electron chi connectivity index (χ3n) is 3.03. The van der Waals surface area contributed by atoms with Gasteiger partial charge < -0.3 is 10.3 Å². The fourth-order valence-electron chi connectivity index (χ4n) is 2.19. The molecule has 1 fully saturated rings. The van der Waals surface area contributed by atoms with Crippen LogP contribution in [0.25, 0.3) is 10.2 Å². The molecule has 0 aliphatic carbocycles. The molecule has 0 aromatic carbocycles. The van der Waals surface area contributed by atoms with E-state index >= 15 is 0 Å². The molecule has 2 aromatic heterocycles. The minimum Gasteiger partial charge on any atom is -0.317 e. The van der Waals surface area contributed by atoms with E-state index in [1.165, 1.54) is 17.9 Å². The SMILES string of the molecule is O=c1[nH]cnc2snc(C3CCNCC3)c12. The van der Waals surface area contributed by atoms with Crippen molar-refractivity contribution in [2.24, 2.45) is 0 Å². The Bertz CT molecular complexity index is 555. The van der Waals surface area contributed by atoms with Gasteiger partial charge in [-0.25, -0.2) is 4.98 Å². The molecule has 5 nitrogen and oxygen atoms in total. The number of piperidine rings is 1. The molecule has 0 radical (unpaired) electrons. The lowest BCUT2D eigenvalue weighted by atomic mass is 9.93. The number of fused-ring (bicyclic) bond motifs is 1. The van der Waals surface area contributed by atoms with Crippen molar-refractivity contribution in [2.45, 2.75) is 18.8 Å². The number of hydrogen-bond acceptors (Lipinski definition) is 5. The first-order valence-corrected chi connectivity index (χ1v) is 6.17. The van der Waals surface area contributed by atoms with Gasteiger partial charge in [0.1, 0.15) is 5.39 Å². The molecule has 0 spiro atoms. The van der Waals surface area contributed by atoms with E-state index in [9.17, 15) is 4.79 Å². The predicted molar refractivity (Wildman–Crippen MR) is 62.9 cm³/mol. The maximum absolute atomic E-state index is 11.8. The van der Waals surface area contributed by atoms with Gasteiger partial charge in [0.25, 0.3) is 5.56 Å². The van der Waals surface area contributed by atoms with Crippen molar-refractivity contribution < 1.29 is 0 Å². The van der Waals surface area contributed by atoms with E-state index < -0.39 is 0 Å². The van der Waals surface area contributed by atoms with Crippen LogP contribution in [0.1, 0.15) is 24.5 Å². The summed E-state index contributed by atoms with van der Waals surface area (Å²) in [6, 6.07) is 0. The number of nitrogens with zero attached hydrogens (tertiary/aromatic N) is 2. The lowest BCUT2D eigenvalue weighted by molar-refractivity contribution is 0.457. The summed E-state index contributed by atoms with van der Waals surface area (Å²) in [6.07, 6.45) is 3.54. The standard InChI is InChI=1S/C10H12N4OS/c15-9-7-8(6-1-3-11-4-2-6)14-16-10(7)13-5-12-9/h5-6,11H,1-4H2,(H,12,13,15). The first-order valence-electron chi connectivity index (χ1n) is 5.40. The van der Waals surface area contributed by atoms with Crippen LogP contribution in [0.5, 0.6) is 0 Å². The quantitative estimate of drug-likeness (QED) is 0.770. The summed E-state index contributed by atoms with van der Waals surface area (Å²) in [5.41, 5.74) is 0.878. The molecule has 1 aliphatic rings. The molecule has 0 amide bonds. The lowest BCUT2D eigenvalue weighted by Crippen LogP contribution is -2.27. The average molecular weight is 236 g/mol. The molecule has 16 heavy (non-hydrogen) atoms. The van der Waals surface area contributed by atoms with Gasteiger partial charge in [-0.1, -0.05) is 0 Å². The third-order valence-corrected chi connectivity index (χ3v) is 3.80. The van der Waals surface area contributed by atoms with Crippen molar-refractivity contribution in [3.05, 3.63) is 22.4 Å². The fraction of sp³-hybridized carbons (Fsp3) is 0.500. The molecule has 0 bridgehead atoms. The van der Waals surface area contributed by atoms with Crippen LogP contribution in [0.2, 0.25) is 0 Å². The van der Waals surface area contributed by atoms with Crippen LogP contribution in [0, 0.1) is 0 Å². The topological polar surface area (TPSA) is 70.7 Å². The van der Waals surface area contributed by atoms with E-state index in [1.807, 2.05) is 0 Å². The van der Waals surface area contributed by atoms with Gasteiger partial charge in [0.2, 0.25) is 0 Å². The van der Waals surface area contributed by atoms with Crippen LogP contribution < -0.4 is 10.9 Å². The Kier molecular flexibility index (Phi) is 2.45. The highest BCUT2D eigenvalue weighted by Gasteiger charge is 2.22. The van der Waals surface area contributed by atoms with Gasteiger partial charge in [0.05, 0.1) is 12.0 Å². The second kappa shape index (κ2) is 3.95. The fourth-order valence-corrected chi connectivity index (χ4v) is 3.00. The zero-order valence-electron chi connectivity index (χ0n) is 8.69. The van der Waals surface area contributed by atoms with Gasteiger partial charge in [-0.2, -0.15) is 4.37 Å². The van der Waals surface area contributed by atoms with E-state index in [0.717, 1.165) is 36.5 Å². The second-order valence-electron chi connectivity index (χ2n) is 4.00. The van der Waals surface area contributed by atoms with Crippen molar-refractivity contribution in [2.75, 3.05) is 13.1 Å². The van der Waals surface area contributed by atoms with Gasteiger partial charge in [-0.05, 0) is 37.5 Å². The third kappa shape index (κ3) is 1.54. The maximum atomic E-state index is 11.8. The molecule has 0 saturated carbocycles. The summed E-state index contributed by atoms with van der Waals surface area (Å²) < 4.78 is 4.41. The molecule has 2 N–H and O–H groups in total. The second-order valence-corrected chi connectivity index (χ2v) is 4.76. The Morgan fingerprint density at radius 3 is 3.00 bits per heavy atom. The molecule has 6 heteroatoms. The largest absolute Gasteiger partial charge is 0.317 e. The molecule has 0 unspecified atom stereocenters. The zero-order chi connectivity index (χ0) is 11.0. The molecule has 0 atom stereocenters. The summed E-state index contributed by atoms with van der Waals surface area (Å²) in [7, 11) is 0. The van der Waals surface area contributed by atoms with Crippen LogP contribution in [-0.4, -0.2) is 27.4 Å².